The molecule has 0 saturated carbocycles. The minimum atomic E-state index is 0.0301. The van der Waals surface area contributed by atoms with E-state index in [1.54, 1.807) is 4.90 Å². The van der Waals surface area contributed by atoms with Crippen molar-refractivity contribution in [2.24, 2.45) is 0 Å². The van der Waals surface area contributed by atoms with Crippen molar-refractivity contribution >= 4 is 11.8 Å². The first-order chi connectivity index (χ1) is 9.51. The molecule has 2 amide bonds. The van der Waals surface area contributed by atoms with Crippen LogP contribution in [0, 0.1) is 13.8 Å². The number of amides is 2. The Kier molecular flexibility index (Phi) is 4.42. The molecular formula is C16H22N2O2. The van der Waals surface area contributed by atoms with Crippen LogP contribution >= 0.6 is 0 Å². The largest absolute Gasteiger partial charge is 0.341 e. The normalized spacial score (nSPS) is 16.2. The van der Waals surface area contributed by atoms with E-state index in [0.29, 0.717) is 32.6 Å². The quantitative estimate of drug-likeness (QED) is 0.827. The number of carbonyl (C=O) groups is 2. The van der Waals surface area contributed by atoms with Gasteiger partial charge in [0.25, 0.3) is 5.91 Å². The van der Waals surface area contributed by atoms with E-state index in [4.69, 9.17) is 0 Å². The molecule has 0 bridgehead atoms. The van der Waals surface area contributed by atoms with Crippen molar-refractivity contribution in [3.05, 3.63) is 34.9 Å². The van der Waals surface area contributed by atoms with E-state index in [-0.39, 0.29) is 11.8 Å². The molecule has 108 valence electrons. The number of hydrogen-bond donors (Lipinski definition) is 0. The Morgan fingerprint density at radius 2 is 1.75 bits per heavy atom. The van der Waals surface area contributed by atoms with Crippen LogP contribution in [0.1, 0.15) is 34.8 Å². The number of benzene rings is 1. The zero-order valence-electron chi connectivity index (χ0n) is 12.5. The lowest BCUT2D eigenvalue weighted by Crippen LogP contribution is -2.35. The second-order valence-corrected chi connectivity index (χ2v) is 5.39. The summed E-state index contributed by atoms with van der Waals surface area (Å²) in [4.78, 5) is 28.0. The van der Waals surface area contributed by atoms with E-state index < -0.39 is 0 Å². The van der Waals surface area contributed by atoms with Gasteiger partial charge >= 0.3 is 0 Å². The molecule has 1 aromatic carbocycles. The van der Waals surface area contributed by atoms with Gasteiger partial charge in [-0.1, -0.05) is 17.2 Å². The van der Waals surface area contributed by atoms with Gasteiger partial charge in [0.2, 0.25) is 5.91 Å². The molecule has 1 saturated heterocycles. The van der Waals surface area contributed by atoms with Gasteiger partial charge in [-0.05, 0) is 32.9 Å². The van der Waals surface area contributed by atoms with E-state index in [1.807, 2.05) is 37.8 Å². The minimum absolute atomic E-state index is 0.0301. The van der Waals surface area contributed by atoms with Gasteiger partial charge < -0.3 is 9.80 Å². The molecule has 20 heavy (non-hydrogen) atoms. The summed E-state index contributed by atoms with van der Waals surface area (Å²) in [6.07, 6.45) is 0.421. The Morgan fingerprint density at radius 3 is 2.35 bits per heavy atom. The summed E-state index contributed by atoms with van der Waals surface area (Å²) in [7, 11) is 0. The lowest BCUT2D eigenvalue weighted by atomic mass is 10.1. The van der Waals surface area contributed by atoms with Crippen molar-refractivity contribution in [3.8, 4) is 0 Å². The van der Waals surface area contributed by atoms with Gasteiger partial charge in [-0.2, -0.15) is 0 Å². The average Bonchev–Trinajstić information content (AvgIpc) is 2.58. The van der Waals surface area contributed by atoms with E-state index in [0.717, 1.165) is 16.7 Å². The monoisotopic (exact) mass is 274 g/mol. The lowest BCUT2D eigenvalue weighted by Gasteiger charge is -2.21. The van der Waals surface area contributed by atoms with Crippen LogP contribution in [-0.2, 0) is 4.79 Å². The first-order valence-corrected chi connectivity index (χ1v) is 7.16. The van der Waals surface area contributed by atoms with Crippen molar-refractivity contribution < 1.29 is 9.59 Å². The summed E-state index contributed by atoms with van der Waals surface area (Å²) in [6.45, 7) is 8.44. The molecule has 0 atom stereocenters. The molecule has 0 aromatic heterocycles. The Hall–Kier alpha value is -1.84. The minimum Gasteiger partial charge on any atom is -0.341 e. The summed E-state index contributed by atoms with van der Waals surface area (Å²) in [5, 5.41) is 0. The summed E-state index contributed by atoms with van der Waals surface area (Å²) in [5.41, 5.74) is 2.91. The molecule has 1 aromatic rings. The van der Waals surface area contributed by atoms with E-state index >= 15 is 0 Å². The Balaban J connectivity index is 2.15. The summed E-state index contributed by atoms with van der Waals surface area (Å²) in [6, 6.07) is 5.89. The number of likely N-dealkylation sites (N-methyl/N-ethyl adjacent to an activating group) is 1. The van der Waals surface area contributed by atoms with E-state index in [9.17, 15) is 9.59 Å². The van der Waals surface area contributed by atoms with Gasteiger partial charge in [-0.15, -0.1) is 0 Å². The van der Waals surface area contributed by atoms with E-state index in [2.05, 4.69) is 6.07 Å². The molecule has 1 fully saturated rings. The molecule has 1 heterocycles. The van der Waals surface area contributed by atoms with Gasteiger partial charge in [0.05, 0.1) is 0 Å². The van der Waals surface area contributed by atoms with Crippen LogP contribution in [0.2, 0.25) is 0 Å². The standard InChI is InChI=1S/C16H22N2O2/c1-4-17-7-8-18(6-5-15(17)19)16(20)14-10-12(2)9-13(3)11-14/h9-11H,4-8H2,1-3H3. The maximum Gasteiger partial charge on any atom is 0.253 e. The highest BCUT2D eigenvalue weighted by molar-refractivity contribution is 5.95. The maximum absolute atomic E-state index is 12.6. The maximum atomic E-state index is 12.6. The SMILES string of the molecule is CCN1CCN(C(=O)c2cc(C)cc(C)c2)CCC1=O. The molecule has 0 N–H and O–H groups in total. The molecule has 0 spiro atoms. The Bertz CT molecular complexity index is 505. The topological polar surface area (TPSA) is 40.6 Å². The third kappa shape index (κ3) is 3.18. The lowest BCUT2D eigenvalue weighted by molar-refractivity contribution is -0.130. The second-order valence-electron chi connectivity index (χ2n) is 5.39. The second kappa shape index (κ2) is 6.07. The summed E-state index contributed by atoms with van der Waals surface area (Å²) >= 11 is 0. The van der Waals surface area contributed by atoms with Gasteiger partial charge in [0.15, 0.2) is 0 Å². The van der Waals surface area contributed by atoms with Crippen LogP contribution in [0.15, 0.2) is 18.2 Å². The fourth-order valence-electron chi connectivity index (χ4n) is 2.68. The Labute approximate surface area is 120 Å². The molecule has 4 nitrogen and oxygen atoms in total. The third-order valence-corrected chi connectivity index (χ3v) is 3.73. The number of aryl methyl sites for hydroxylation is 2. The zero-order chi connectivity index (χ0) is 14.7. The molecule has 2 rings (SSSR count). The van der Waals surface area contributed by atoms with Crippen LogP contribution in [0.3, 0.4) is 0 Å². The van der Waals surface area contributed by atoms with Crippen molar-refractivity contribution in [2.45, 2.75) is 27.2 Å². The predicted molar refractivity (Wildman–Crippen MR) is 78.7 cm³/mol. The van der Waals surface area contributed by atoms with Crippen molar-refractivity contribution in [2.75, 3.05) is 26.2 Å². The number of nitrogens with zero attached hydrogens (tertiary/aromatic N) is 2. The molecule has 0 aliphatic carbocycles. The van der Waals surface area contributed by atoms with Crippen molar-refractivity contribution in [3.63, 3.8) is 0 Å². The fraction of sp³-hybridized carbons (Fsp3) is 0.500. The number of carbonyl (C=O) groups excluding carboxylic acids is 2. The highest BCUT2D eigenvalue weighted by Crippen LogP contribution is 2.13. The first kappa shape index (κ1) is 14.6. The molecule has 1 aliphatic heterocycles. The molecule has 0 radical (unpaired) electrons. The zero-order valence-corrected chi connectivity index (χ0v) is 12.5. The van der Waals surface area contributed by atoms with Crippen molar-refractivity contribution in [1.82, 2.24) is 9.80 Å². The van der Waals surface area contributed by atoms with E-state index in [1.165, 1.54) is 0 Å². The molecule has 1 aliphatic rings. The van der Waals surface area contributed by atoms with Crippen LogP contribution in [0.25, 0.3) is 0 Å². The van der Waals surface area contributed by atoms with Crippen LogP contribution in [0.5, 0.6) is 0 Å². The third-order valence-electron chi connectivity index (χ3n) is 3.73. The summed E-state index contributed by atoms with van der Waals surface area (Å²) in [5.74, 6) is 0.172. The molecule has 4 heteroatoms. The highest BCUT2D eigenvalue weighted by Gasteiger charge is 2.23. The number of rotatable bonds is 2. The average molecular weight is 274 g/mol. The first-order valence-electron chi connectivity index (χ1n) is 7.16. The smallest absolute Gasteiger partial charge is 0.253 e. The Morgan fingerprint density at radius 1 is 1.10 bits per heavy atom. The number of hydrogen-bond acceptors (Lipinski definition) is 2. The van der Waals surface area contributed by atoms with Gasteiger partial charge in [0, 0.05) is 38.2 Å². The van der Waals surface area contributed by atoms with Crippen molar-refractivity contribution in [1.29, 1.82) is 0 Å². The van der Waals surface area contributed by atoms with Gasteiger partial charge in [-0.25, -0.2) is 0 Å². The fourth-order valence-corrected chi connectivity index (χ4v) is 2.68. The summed E-state index contributed by atoms with van der Waals surface area (Å²) < 4.78 is 0. The predicted octanol–water partition coefficient (Wildman–Crippen LogP) is 2.00. The van der Waals surface area contributed by atoms with Gasteiger partial charge in [0.1, 0.15) is 0 Å². The van der Waals surface area contributed by atoms with Crippen LogP contribution < -0.4 is 0 Å². The molecule has 0 unspecified atom stereocenters. The van der Waals surface area contributed by atoms with Crippen LogP contribution in [-0.4, -0.2) is 47.8 Å². The van der Waals surface area contributed by atoms with Gasteiger partial charge in [-0.3, -0.25) is 9.59 Å². The van der Waals surface area contributed by atoms with Crippen LogP contribution in [0.4, 0.5) is 0 Å². The highest BCUT2D eigenvalue weighted by atomic mass is 16.2. The molecular weight excluding hydrogens is 252 g/mol.